The van der Waals surface area contributed by atoms with Gasteiger partial charge in [-0.15, -0.1) is 0 Å². The van der Waals surface area contributed by atoms with Gasteiger partial charge in [-0.25, -0.2) is 4.98 Å². The number of fused-ring (bicyclic) bond motifs is 1. The summed E-state index contributed by atoms with van der Waals surface area (Å²) < 4.78 is 1.10. The Morgan fingerprint density at radius 3 is 2.67 bits per heavy atom. The molecule has 142 valence electrons. The average Bonchev–Trinajstić information content (AvgIpc) is 3.07. The van der Waals surface area contributed by atoms with Crippen molar-refractivity contribution in [3.8, 4) is 0 Å². The number of nitrogens with one attached hydrogen (secondary N) is 1. The van der Waals surface area contributed by atoms with Crippen molar-refractivity contribution in [1.82, 2.24) is 4.98 Å². The monoisotopic (exact) mass is 402 g/mol. The molecule has 0 fully saturated rings. The fourth-order valence-corrected chi connectivity index (χ4v) is 4.35. The van der Waals surface area contributed by atoms with Crippen molar-refractivity contribution >= 4 is 44.2 Å². The van der Waals surface area contributed by atoms with Crippen molar-refractivity contribution in [3.63, 3.8) is 0 Å². The molecular formula is C21H25ClN3OS+. The Hall–Kier alpha value is -1.95. The lowest BCUT2D eigenvalue weighted by atomic mass is 10.2. The van der Waals surface area contributed by atoms with E-state index in [1.165, 1.54) is 10.5 Å². The number of aryl methyl sites for hydroxylation is 1. The highest BCUT2D eigenvalue weighted by Crippen LogP contribution is 2.30. The topological polar surface area (TPSA) is 37.6 Å². The lowest BCUT2D eigenvalue weighted by Crippen LogP contribution is -3.12. The smallest absolute Gasteiger partial charge is 0.260 e. The molecule has 0 aliphatic rings. The molecule has 0 saturated carbocycles. The first-order valence-corrected chi connectivity index (χ1v) is 10.5. The number of hydrogen-bond acceptors (Lipinski definition) is 3. The van der Waals surface area contributed by atoms with Crippen LogP contribution in [0.4, 0.5) is 5.13 Å². The van der Waals surface area contributed by atoms with Crippen LogP contribution in [0.5, 0.6) is 0 Å². The van der Waals surface area contributed by atoms with Gasteiger partial charge in [-0.05, 0) is 56.7 Å². The summed E-state index contributed by atoms with van der Waals surface area (Å²) in [7, 11) is 0. The predicted octanol–water partition coefficient (Wildman–Crippen LogP) is 3.83. The van der Waals surface area contributed by atoms with E-state index in [4.69, 9.17) is 16.6 Å². The number of rotatable bonds is 7. The highest BCUT2D eigenvalue weighted by atomic mass is 35.5. The summed E-state index contributed by atoms with van der Waals surface area (Å²) in [6, 6.07) is 13.3. The van der Waals surface area contributed by atoms with Crippen LogP contribution in [0.25, 0.3) is 10.2 Å². The van der Waals surface area contributed by atoms with Gasteiger partial charge in [-0.1, -0.05) is 35.1 Å². The largest absolute Gasteiger partial charge is 0.334 e. The van der Waals surface area contributed by atoms with E-state index in [2.05, 4.69) is 32.9 Å². The second kappa shape index (κ2) is 8.83. The van der Waals surface area contributed by atoms with Gasteiger partial charge in [0.25, 0.3) is 5.91 Å². The second-order valence-corrected chi connectivity index (χ2v) is 8.09. The van der Waals surface area contributed by atoms with Crippen LogP contribution >= 0.6 is 22.9 Å². The lowest BCUT2D eigenvalue weighted by Gasteiger charge is -2.23. The molecular weight excluding hydrogens is 378 g/mol. The molecule has 0 aliphatic carbocycles. The fourth-order valence-electron chi connectivity index (χ4n) is 3.07. The number of halogens is 1. The SMILES string of the molecule is CC[NH+](CC)CCN(C(=O)c1cccc(Cl)c1)c1nc2ccc(C)cc2s1. The number of nitrogens with zero attached hydrogens (tertiary/aromatic N) is 2. The number of quaternary nitrogens is 1. The number of anilines is 1. The molecule has 6 heteroatoms. The molecule has 0 saturated heterocycles. The second-order valence-electron chi connectivity index (χ2n) is 6.64. The predicted molar refractivity (Wildman–Crippen MR) is 114 cm³/mol. The van der Waals surface area contributed by atoms with E-state index in [1.807, 2.05) is 18.2 Å². The van der Waals surface area contributed by atoms with E-state index in [9.17, 15) is 4.79 Å². The highest BCUT2D eigenvalue weighted by Gasteiger charge is 2.23. The summed E-state index contributed by atoms with van der Waals surface area (Å²) in [5.74, 6) is -0.0557. The third kappa shape index (κ3) is 4.67. The quantitative estimate of drug-likeness (QED) is 0.652. The molecule has 2 aromatic carbocycles. The first-order chi connectivity index (χ1) is 13.0. The maximum atomic E-state index is 13.3. The molecule has 1 heterocycles. The minimum Gasteiger partial charge on any atom is -0.334 e. The Morgan fingerprint density at radius 1 is 1.19 bits per heavy atom. The molecule has 0 radical (unpaired) electrons. The van der Waals surface area contributed by atoms with Gasteiger partial charge in [-0.3, -0.25) is 9.69 Å². The van der Waals surface area contributed by atoms with Crippen LogP contribution in [0, 0.1) is 6.92 Å². The van der Waals surface area contributed by atoms with Gasteiger partial charge in [-0.2, -0.15) is 0 Å². The van der Waals surface area contributed by atoms with Crippen molar-refractivity contribution in [2.45, 2.75) is 20.8 Å². The number of carbonyl (C=O) groups excluding carboxylic acids is 1. The molecule has 0 atom stereocenters. The van der Waals surface area contributed by atoms with Crippen LogP contribution in [0.15, 0.2) is 42.5 Å². The van der Waals surface area contributed by atoms with Crippen molar-refractivity contribution < 1.29 is 9.69 Å². The van der Waals surface area contributed by atoms with E-state index < -0.39 is 0 Å². The van der Waals surface area contributed by atoms with Gasteiger partial charge in [0.2, 0.25) is 0 Å². The standard InChI is InChI=1S/C21H24ClN3OS/c1-4-24(5-2)11-12-25(20(26)16-7-6-8-17(22)14-16)21-23-18-10-9-15(3)13-19(18)27-21/h6-10,13-14H,4-5,11-12H2,1-3H3/p+1. The van der Waals surface area contributed by atoms with Gasteiger partial charge in [0.1, 0.15) is 0 Å². The summed E-state index contributed by atoms with van der Waals surface area (Å²) >= 11 is 7.67. The van der Waals surface area contributed by atoms with E-state index in [-0.39, 0.29) is 5.91 Å². The molecule has 1 amide bonds. The lowest BCUT2D eigenvalue weighted by molar-refractivity contribution is -0.894. The van der Waals surface area contributed by atoms with Crippen molar-refractivity contribution in [2.24, 2.45) is 0 Å². The Bertz CT molecular complexity index is 936. The van der Waals surface area contributed by atoms with Crippen molar-refractivity contribution in [2.75, 3.05) is 31.1 Å². The third-order valence-corrected chi connectivity index (χ3v) is 6.05. The Labute approximate surface area is 169 Å². The van der Waals surface area contributed by atoms with Gasteiger partial charge in [0.15, 0.2) is 5.13 Å². The fraction of sp³-hybridized carbons (Fsp3) is 0.333. The number of likely N-dealkylation sites (N-methyl/N-ethyl adjacent to an activating group) is 1. The van der Waals surface area contributed by atoms with Crippen LogP contribution in [-0.2, 0) is 0 Å². The summed E-state index contributed by atoms with van der Waals surface area (Å²) in [4.78, 5) is 21.2. The van der Waals surface area contributed by atoms with Crippen molar-refractivity contribution in [3.05, 3.63) is 58.6 Å². The van der Waals surface area contributed by atoms with Gasteiger partial charge in [0.05, 0.1) is 36.4 Å². The zero-order valence-corrected chi connectivity index (χ0v) is 17.5. The first kappa shape index (κ1) is 19.8. The van der Waals surface area contributed by atoms with Crippen LogP contribution < -0.4 is 9.80 Å². The Morgan fingerprint density at radius 2 is 1.96 bits per heavy atom. The summed E-state index contributed by atoms with van der Waals surface area (Å²) in [5.41, 5.74) is 2.71. The molecule has 0 bridgehead atoms. The zero-order valence-electron chi connectivity index (χ0n) is 16.0. The highest BCUT2D eigenvalue weighted by molar-refractivity contribution is 7.22. The van der Waals surface area contributed by atoms with Crippen LogP contribution in [0.1, 0.15) is 29.8 Å². The van der Waals surface area contributed by atoms with E-state index >= 15 is 0 Å². The molecule has 0 aliphatic heterocycles. The first-order valence-electron chi connectivity index (χ1n) is 9.30. The minimum atomic E-state index is -0.0557. The summed E-state index contributed by atoms with van der Waals surface area (Å²) in [6.07, 6.45) is 0. The zero-order chi connectivity index (χ0) is 19.4. The van der Waals surface area contributed by atoms with Crippen molar-refractivity contribution in [1.29, 1.82) is 0 Å². The number of aromatic nitrogens is 1. The number of hydrogen-bond donors (Lipinski definition) is 1. The molecule has 0 unspecified atom stereocenters. The molecule has 4 nitrogen and oxygen atoms in total. The number of benzene rings is 2. The maximum Gasteiger partial charge on any atom is 0.260 e. The average molecular weight is 403 g/mol. The molecule has 0 spiro atoms. The number of carbonyl (C=O) groups is 1. The van der Waals surface area contributed by atoms with E-state index in [0.29, 0.717) is 17.1 Å². The minimum absolute atomic E-state index is 0.0557. The molecule has 3 aromatic rings. The molecule has 1 N–H and O–H groups in total. The molecule has 1 aromatic heterocycles. The number of thiazole rings is 1. The van der Waals surface area contributed by atoms with E-state index in [1.54, 1.807) is 28.4 Å². The third-order valence-electron chi connectivity index (χ3n) is 4.77. The summed E-state index contributed by atoms with van der Waals surface area (Å²) in [6.45, 7) is 9.99. The van der Waals surface area contributed by atoms with Gasteiger partial charge < -0.3 is 4.90 Å². The summed E-state index contributed by atoms with van der Waals surface area (Å²) in [5, 5.41) is 1.31. The number of amides is 1. The van der Waals surface area contributed by atoms with Crippen LogP contribution in [0.3, 0.4) is 0 Å². The van der Waals surface area contributed by atoms with E-state index in [0.717, 1.165) is 35.0 Å². The van der Waals surface area contributed by atoms with Gasteiger partial charge >= 0.3 is 0 Å². The van der Waals surface area contributed by atoms with Crippen LogP contribution in [0.2, 0.25) is 5.02 Å². The normalized spacial score (nSPS) is 11.3. The van der Waals surface area contributed by atoms with Crippen LogP contribution in [-0.4, -0.2) is 37.1 Å². The Kier molecular flexibility index (Phi) is 6.47. The Balaban J connectivity index is 1.96. The van der Waals surface area contributed by atoms with Gasteiger partial charge in [0, 0.05) is 10.6 Å². The molecule has 3 rings (SSSR count). The maximum absolute atomic E-state index is 13.3. The molecule has 27 heavy (non-hydrogen) atoms.